The maximum Gasteiger partial charge on any atom is 0.320 e. The Morgan fingerprint density at radius 2 is 2.11 bits per heavy atom. The second kappa shape index (κ2) is 5.72. The number of carbonyl (C=O) groups is 2. The molecule has 1 aliphatic carbocycles. The molecule has 1 heterocycles. The van der Waals surface area contributed by atoms with Gasteiger partial charge in [-0.2, -0.15) is 0 Å². The molecular formula is C14H24N2O2. The number of hydrogen-bond acceptors (Lipinski definition) is 2. The fourth-order valence-electron chi connectivity index (χ4n) is 3.22. The first-order chi connectivity index (χ1) is 8.65. The van der Waals surface area contributed by atoms with E-state index in [0.717, 1.165) is 45.2 Å². The van der Waals surface area contributed by atoms with Crippen LogP contribution in [-0.2, 0) is 4.79 Å². The van der Waals surface area contributed by atoms with E-state index in [1.54, 1.807) is 4.90 Å². The van der Waals surface area contributed by atoms with E-state index >= 15 is 0 Å². The van der Waals surface area contributed by atoms with Crippen LogP contribution in [-0.4, -0.2) is 47.8 Å². The van der Waals surface area contributed by atoms with Crippen molar-refractivity contribution in [1.82, 2.24) is 9.80 Å². The summed E-state index contributed by atoms with van der Waals surface area (Å²) in [5.74, 6) is 0.487. The molecule has 0 bridgehead atoms. The average molecular weight is 252 g/mol. The highest BCUT2D eigenvalue weighted by Crippen LogP contribution is 2.32. The molecule has 1 saturated heterocycles. The van der Waals surface area contributed by atoms with E-state index in [2.05, 4.69) is 0 Å². The summed E-state index contributed by atoms with van der Waals surface area (Å²) < 4.78 is 0. The van der Waals surface area contributed by atoms with Gasteiger partial charge in [0.05, 0.1) is 0 Å². The van der Waals surface area contributed by atoms with E-state index in [1.807, 2.05) is 18.9 Å². The molecule has 4 heteroatoms. The zero-order chi connectivity index (χ0) is 13.1. The van der Waals surface area contributed by atoms with Gasteiger partial charge in [0.1, 0.15) is 5.78 Å². The van der Waals surface area contributed by atoms with Gasteiger partial charge in [0.15, 0.2) is 0 Å². The summed E-state index contributed by atoms with van der Waals surface area (Å²) in [6, 6.07) is 0.262. The zero-order valence-electron chi connectivity index (χ0n) is 11.5. The Morgan fingerprint density at radius 3 is 2.78 bits per heavy atom. The third-order valence-electron chi connectivity index (χ3n) is 4.41. The van der Waals surface area contributed by atoms with Crippen molar-refractivity contribution < 1.29 is 9.59 Å². The van der Waals surface area contributed by atoms with Crippen molar-refractivity contribution in [3.05, 3.63) is 0 Å². The molecule has 2 atom stereocenters. The largest absolute Gasteiger partial charge is 0.328 e. The molecule has 0 spiro atoms. The molecule has 2 aliphatic rings. The summed E-state index contributed by atoms with van der Waals surface area (Å²) in [5, 5.41) is 0. The lowest BCUT2D eigenvalue weighted by Crippen LogP contribution is -2.48. The molecule has 1 saturated carbocycles. The SMILES string of the molecule is CCN(C)C(=O)N1CCCC1C1CCCCC1=O. The third kappa shape index (κ3) is 2.52. The Labute approximate surface area is 109 Å². The molecule has 2 rings (SSSR count). The minimum absolute atomic E-state index is 0.0957. The molecule has 0 aromatic heterocycles. The average Bonchev–Trinajstić information content (AvgIpc) is 2.86. The van der Waals surface area contributed by atoms with Crippen molar-refractivity contribution >= 4 is 11.8 Å². The lowest BCUT2D eigenvalue weighted by atomic mass is 9.82. The molecule has 0 aromatic carbocycles. The second-order valence-corrected chi connectivity index (χ2v) is 5.52. The van der Waals surface area contributed by atoms with Gasteiger partial charge in [-0.25, -0.2) is 4.79 Å². The quantitative estimate of drug-likeness (QED) is 0.756. The first-order valence-corrected chi connectivity index (χ1v) is 7.19. The Bertz CT molecular complexity index is 330. The molecule has 2 amide bonds. The Kier molecular flexibility index (Phi) is 4.25. The Hall–Kier alpha value is -1.06. The van der Waals surface area contributed by atoms with Gasteiger partial charge >= 0.3 is 6.03 Å². The lowest BCUT2D eigenvalue weighted by Gasteiger charge is -2.35. The molecule has 0 N–H and O–H groups in total. The normalized spacial score (nSPS) is 28.6. The Balaban J connectivity index is 2.07. The van der Waals surface area contributed by atoms with Crippen LogP contribution in [0.15, 0.2) is 0 Å². The predicted octanol–water partition coefficient (Wildman–Crippen LogP) is 2.28. The van der Waals surface area contributed by atoms with Gasteiger partial charge in [-0.3, -0.25) is 4.79 Å². The van der Waals surface area contributed by atoms with E-state index in [-0.39, 0.29) is 18.0 Å². The highest BCUT2D eigenvalue weighted by Gasteiger charge is 2.39. The molecule has 0 radical (unpaired) electrons. The molecule has 0 aromatic rings. The third-order valence-corrected chi connectivity index (χ3v) is 4.41. The number of amides is 2. The van der Waals surface area contributed by atoms with Gasteiger partial charge in [-0.15, -0.1) is 0 Å². The second-order valence-electron chi connectivity index (χ2n) is 5.52. The van der Waals surface area contributed by atoms with Gasteiger partial charge in [-0.1, -0.05) is 6.42 Å². The summed E-state index contributed by atoms with van der Waals surface area (Å²) in [7, 11) is 1.83. The van der Waals surface area contributed by atoms with Crippen molar-refractivity contribution in [2.75, 3.05) is 20.1 Å². The van der Waals surface area contributed by atoms with Gasteiger partial charge in [0, 0.05) is 38.5 Å². The number of rotatable bonds is 2. The van der Waals surface area contributed by atoms with E-state index in [0.29, 0.717) is 12.2 Å². The van der Waals surface area contributed by atoms with Crippen LogP contribution >= 0.6 is 0 Å². The van der Waals surface area contributed by atoms with Crippen LogP contribution < -0.4 is 0 Å². The molecule has 4 nitrogen and oxygen atoms in total. The summed E-state index contributed by atoms with van der Waals surface area (Å²) in [6.07, 6.45) is 5.90. The van der Waals surface area contributed by atoms with Crippen molar-refractivity contribution in [2.45, 2.75) is 51.5 Å². The van der Waals surface area contributed by atoms with Crippen LogP contribution in [0.4, 0.5) is 4.79 Å². The molecular weight excluding hydrogens is 228 g/mol. The molecule has 2 fully saturated rings. The van der Waals surface area contributed by atoms with Crippen LogP contribution in [0.25, 0.3) is 0 Å². The summed E-state index contributed by atoms with van der Waals surface area (Å²) in [4.78, 5) is 28.0. The highest BCUT2D eigenvalue weighted by atomic mass is 16.2. The van der Waals surface area contributed by atoms with Crippen molar-refractivity contribution in [3.63, 3.8) is 0 Å². The number of hydrogen-bond donors (Lipinski definition) is 0. The van der Waals surface area contributed by atoms with E-state index in [4.69, 9.17) is 0 Å². The van der Waals surface area contributed by atoms with Gasteiger partial charge < -0.3 is 9.80 Å². The van der Waals surface area contributed by atoms with E-state index < -0.39 is 0 Å². The topological polar surface area (TPSA) is 40.6 Å². The minimum atomic E-state index is 0.0957. The van der Waals surface area contributed by atoms with E-state index in [1.165, 1.54) is 0 Å². The highest BCUT2D eigenvalue weighted by molar-refractivity contribution is 5.83. The lowest BCUT2D eigenvalue weighted by molar-refractivity contribution is -0.126. The van der Waals surface area contributed by atoms with Crippen molar-refractivity contribution in [3.8, 4) is 0 Å². The zero-order valence-corrected chi connectivity index (χ0v) is 11.5. The molecule has 1 aliphatic heterocycles. The monoisotopic (exact) mass is 252 g/mol. The summed E-state index contributed by atoms with van der Waals surface area (Å²) in [5.41, 5.74) is 0. The number of Topliss-reactive ketones (excluding diaryl/α,β-unsaturated/α-hetero) is 1. The first kappa shape index (κ1) is 13.4. The molecule has 102 valence electrons. The minimum Gasteiger partial charge on any atom is -0.328 e. The van der Waals surface area contributed by atoms with Gasteiger partial charge in [0.2, 0.25) is 0 Å². The van der Waals surface area contributed by atoms with Gasteiger partial charge in [-0.05, 0) is 32.6 Å². The van der Waals surface area contributed by atoms with Crippen LogP contribution in [0.5, 0.6) is 0 Å². The van der Waals surface area contributed by atoms with Crippen molar-refractivity contribution in [2.24, 2.45) is 5.92 Å². The number of urea groups is 1. The van der Waals surface area contributed by atoms with Crippen LogP contribution in [0.2, 0.25) is 0 Å². The molecule has 18 heavy (non-hydrogen) atoms. The number of ketones is 1. The van der Waals surface area contributed by atoms with Crippen molar-refractivity contribution in [1.29, 1.82) is 0 Å². The van der Waals surface area contributed by atoms with Gasteiger partial charge in [0.25, 0.3) is 0 Å². The number of nitrogens with zero attached hydrogens (tertiary/aromatic N) is 2. The summed E-state index contributed by atoms with van der Waals surface area (Å²) in [6.45, 7) is 3.52. The number of likely N-dealkylation sites (tertiary alicyclic amines) is 1. The standard InChI is InChI=1S/C14H24N2O2/c1-3-15(2)14(18)16-10-6-8-12(16)11-7-4-5-9-13(11)17/h11-12H,3-10H2,1-2H3. The molecule has 2 unspecified atom stereocenters. The first-order valence-electron chi connectivity index (χ1n) is 7.19. The van der Waals surface area contributed by atoms with E-state index in [9.17, 15) is 9.59 Å². The van der Waals surface area contributed by atoms with Crippen LogP contribution in [0.1, 0.15) is 45.4 Å². The Morgan fingerprint density at radius 1 is 1.33 bits per heavy atom. The maximum absolute atomic E-state index is 12.3. The smallest absolute Gasteiger partial charge is 0.320 e. The van der Waals surface area contributed by atoms with Crippen LogP contribution in [0.3, 0.4) is 0 Å². The maximum atomic E-state index is 12.3. The predicted molar refractivity (Wildman–Crippen MR) is 70.4 cm³/mol. The fraction of sp³-hybridized carbons (Fsp3) is 0.857. The summed E-state index contributed by atoms with van der Waals surface area (Å²) >= 11 is 0. The fourth-order valence-corrected chi connectivity index (χ4v) is 3.22. The number of carbonyl (C=O) groups excluding carboxylic acids is 2. The van der Waals surface area contributed by atoms with Crippen LogP contribution in [0, 0.1) is 5.92 Å².